The molecular weight excluding hydrogens is 268 g/mol. The second-order valence-corrected chi connectivity index (χ2v) is 5.71. The highest BCUT2D eigenvalue weighted by molar-refractivity contribution is 5.82. The van der Waals surface area contributed by atoms with Crippen LogP contribution in [0.4, 0.5) is 8.78 Å². The van der Waals surface area contributed by atoms with E-state index in [0.29, 0.717) is 17.9 Å². The molecule has 1 aromatic heterocycles. The highest BCUT2D eigenvalue weighted by Gasteiger charge is 2.40. The first-order valence-corrected chi connectivity index (χ1v) is 6.90. The van der Waals surface area contributed by atoms with Gasteiger partial charge in [-0.15, -0.1) is 0 Å². The first-order chi connectivity index (χ1) is 9.54. The van der Waals surface area contributed by atoms with Crippen molar-refractivity contribution in [3.63, 3.8) is 0 Å². The number of aromatic nitrogens is 2. The first-order valence-electron chi connectivity index (χ1n) is 6.90. The molecule has 3 rings (SSSR count). The highest BCUT2D eigenvalue weighted by Crippen LogP contribution is 2.41. The van der Waals surface area contributed by atoms with Crippen molar-refractivity contribution >= 4 is 5.78 Å². The summed E-state index contributed by atoms with van der Waals surface area (Å²) in [6.45, 7) is 0. The largest absolute Gasteiger partial charge is 0.339 e. The molecule has 1 aromatic rings. The van der Waals surface area contributed by atoms with Gasteiger partial charge in [-0.2, -0.15) is 4.98 Å². The summed E-state index contributed by atoms with van der Waals surface area (Å²) in [5.74, 6) is -0.407. The van der Waals surface area contributed by atoms with E-state index >= 15 is 0 Å². The maximum atomic E-state index is 12.2. The lowest BCUT2D eigenvalue weighted by Crippen LogP contribution is -2.39. The molecule has 3 heterocycles. The number of ketones is 1. The zero-order chi connectivity index (χ0) is 14.3. The third-order valence-corrected chi connectivity index (χ3v) is 4.52. The van der Waals surface area contributed by atoms with Crippen molar-refractivity contribution in [3.8, 4) is 0 Å². The third-order valence-electron chi connectivity index (χ3n) is 4.52. The van der Waals surface area contributed by atoms with E-state index in [1.165, 1.54) is 12.8 Å². The van der Waals surface area contributed by atoms with Gasteiger partial charge < -0.3 is 9.42 Å². The Kier molecular flexibility index (Phi) is 3.54. The summed E-state index contributed by atoms with van der Waals surface area (Å²) in [5, 5.41) is 3.87. The van der Waals surface area contributed by atoms with Crippen LogP contribution in [0.3, 0.4) is 0 Å². The number of halogens is 2. The Morgan fingerprint density at radius 1 is 1.40 bits per heavy atom. The second kappa shape index (κ2) is 5.20. The monoisotopic (exact) mass is 285 g/mol. The summed E-state index contributed by atoms with van der Waals surface area (Å²) < 4.78 is 29.3. The molecular formula is C13H17F2N3O2. The predicted molar refractivity (Wildman–Crippen MR) is 65.6 cm³/mol. The fourth-order valence-corrected chi connectivity index (χ4v) is 3.35. The number of carbonyl (C=O) groups is 1. The summed E-state index contributed by atoms with van der Waals surface area (Å²) in [6.07, 6.45) is 0.844. The molecule has 2 atom stereocenters. The number of fused-ring (bicyclic) bond motifs is 2. The molecule has 2 saturated heterocycles. The molecule has 0 radical (unpaired) electrons. The minimum absolute atomic E-state index is 0.00317. The smallest absolute Gasteiger partial charge is 0.296 e. The molecule has 20 heavy (non-hydrogen) atoms. The van der Waals surface area contributed by atoms with Gasteiger partial charge in [0.1, 0.15) is 0 Å². The van der Waals surface area contributed by atoms with Gasteiger partial charge in [-0.1, -0.05) is 5.16 Å². The molecule has 2 aliphatic rings. The number of piperidine rings is 1. The number of Topliss-reactive ketones (excluding diaryl/α,β-unsaturated/α-hetero) is 1. The van der Waals surface area contributed by atoms with Crippen LogP contribution in [-0.2, 0) is 11.2 Å². The van der Waals surface area contributed by atoms with Gasteiger partial charge in [0.15, 0.2) is 5.82 Å². The number of carbonyl (C=O) groups excluding carboxylic acids is 1. The van der Waals surface area contributed by atoms with Crippen LogP contribution >= 0.6 is 0 Å². The van der Waals surface area contributed by atoms with Gasteiger partial charge in [-0.05, 0) is 32.7 Å². The Labute approximate surface area is 115 Å². The number of rotatable bonds is 4. The molecule has 0 N–H and O–H groups in total. The van der Waals surface area contributed by atoms with E-state index in [0.717, 1.165) is 12.8 Å². The van der Waals surface area contributed by atoms with Gasteiger partial charge in [0.05, 0.1) is 6.42 Å². The quantitative estimate of drug-likeness (QED) is 0.844. The molecule has 0 aromatic carbocycles. The Balaban J connectivity index is 1.67. The van der Waals surface area contributed by atoms with Gasteiger partial charge in [-0.25, -0.2) is 8.78 Å². The molecule has 2 bridgehead atoms. The maximum absolute atomic E-state index is 12.2. The zero-order valence-corrected chi connectivity index (χ0v) is 11.3. The lowest BCUT2D eigenvalue weighted by molar-refractivity contribution is -0.129. The van der Waals surface area contributed by atoms with E-state index in [1.54, 1.807) is 0 Å². The van der Waals surface area contributed by atoms with Crippen molar-refractivity contribution in [1.29, 1.82) is 0 Å². The minimum Gasteiger partial charge on any atom is -0.339 e. The van der Waals surface area contributed by atoms with Crippen molar-refractivity contribution in [2.75, 3.05) is 7.05 Å². The maximum Gasteiger partial charge on any atom is 0.296 e. The SMILES string of the molecule is CN1C2CCC1CC(c1noc(CC(=O)C(F)F)n1)C2. The number of hydrogen-bond donors (Lipinski definition) is 0. The van der Waals surface area contributed by atoms with E-state index in [1.807, 2.05) is 0 Å². The topological polar surface area (TPSA) is 59.2 Å². The second-order valence-electron chi connectivity index (χ2n) is 5.71. The van der Waals surface area contributed by atoms with Crippen molar-refractivity contribution in [2.45, 2.75) is 56.5 Å². The fraction of sp³-hybridized carbons (Fsp3) is 0.769. The van der Waals surface area contributed by atoms with Crippen LogP contribution in [0.1, 0.15) is 43.3 Å². The normalized spacial score (nSPS) is 30.1. The molecule has 110 valence electrons. The Morgan fingerprint density at radius 3 is 2.65 bits per heavy atom. The van der Waals surface area contributed by atoms with Crippen molar-refractivity contribution in [2.24, 2.45) is 0 Å². The van der Waals surface area contributed by atoms with Crippen molar-refractivity contribution in [3.05, 3.63) is 11.7 Å². The van der Waals surface area contributed by atoms with Crippen LogP contribution < -0.4 is 0 Å². The first kappa shape index (κ1) is 13.6. The van der Waals surface area contributed by atoms with Crippen molar-refractivity contribution < 1.29 is 18.1 Å². The molecule has 0 spiro atoms. The highest BCUT2D eigenvalue weighted by atomic mass is 19.3. The standard InChI is InChI=1S/C13H17F2N3O2/c1-18-8-2-3-9(18)5-7(4-8)13-16-11(20-17-13)6-10(19)12(14)15/h7-9,12H,2-6H2,1H3. The van der Waals surface area contributed by atoms with E-state index in [2.05, 4.69) is 22.1 Å². The van der Waals surface area contributed by atoms with Crippen LogP contribution in [0, 0.1) is 0 Å². The van der Waals surface area contributed by atoms with E-state index < -0.39 is 18.6 Å². The summed E-state index contributed by atoms with van der Waals surface area (Å²) in [6, 6.07) is 1.09. The van der Waals surface area contributed by atoms with Gasteiger partial charge in [0.2, 0.25) is 11.7 Å². The van der Waals surface area contributed by atoms with E-state index in [-0.39, 0.29) is 11.8 Å². The van der Waals surface area contributed by atoms with Gasteiger partial charge in [0.25, 0.3) is 6.43 Å². The van der Waals surface area contributed by atoms with Crippen LogP contribution in [0.25, 0.3) is 0 Å². The third kappa shape index (κ3) is 2.46. The minimum atomic E-state index is -2.98. The lowest BCUT2D eigenvalue weighted by Gasteiger charge is -2.34. The van der Waals surface area contributed by atoms with Crippen LogP contribution in [0.5, 0.6) is 0 Å². The van der Waals surface area contributed by atoms with E-state index in [9.17, 15) is 13.6 Å². The summed E-state index contributed by atoms with van der Waals surface area (Å²) in [4.78, 5) is 17.5. The Bertz CT molecular complexity index is 492. The molecule has 0 amide bonds. The Hall–Kier alpha value is -1.37. The van der Waals surface area contributed by atoms with E-state index in [4.69, 9.17) is 4.52 Å². The molecule has 7 heteroatoms. The molecule has 0 aliphatic carbocycles. The van der Waals surface area contributed by atoms with Crippen LogP contribution in [0.2, 0.25) is 0 Å². The zero-order valence-electron chi connectivity index (χ0n) is 11.3. The molecule has 2 unspecified atom stereocenters. The predicted octanol–water partition coefficient (Wildman–Crippen LogP) is 1.79. The number of alkyl halides is 2. The molecule has 2 aliphatic heterocycles. The van der Waals surface area contributed by atoms with Crippen LogP contribution in [0.15, 0.2) is 4.52 Å². The Morgan fingerprint density at radius 2 is 2.05 bits per heavy atom. The molecule has 2 fully saturated rings. The van der Waals surface area contributed by atoms with Crippen LogP contribution in [-0.4, -0.2) is 46.4 Å². The fourth-order valence-electron chi connectivity index (χ4n) is 3.35. The number of hydrogen-bond acceptors (Lipinski definition) is 5. The summed E-state index contributed by atoms with van der Waals surface area (Å²) in [7, 11) is 2.14. The van der Waals surface area contributed by atoms with Crippen molar-refractivity contribution in [1.82, 2.24) is 15.0 Å². The summed E-state index contributed by atoms with van der Waals surface area (Å²) >= 11 is 0. The molecule has 5 nitrogen and oxygen atoms in total. The van der Waals surface area contributed by atoms with Gasteiger partial charge in [0, 0.05) is 18.0 Å². The molecule has 0 saturated carbocycles. The van der Waals surface area contributed by atoms with Gasteiger partial charge >= 0.3 is 0 Å². The lowest BCUT2D eigenvalue weighted by atomic mass is 9.90. The summed E-state index contributed by atoms with van der Waals surface area (Å²) in [5.41, 5.74) is 0. The van der Waals surface area contributed by atoms with Gasteiger partial charge in [-0.3, -0.25) is 4.79 Å². The average molecular weight is 285 g/mol. The number of nitrogens with zero attached hydrogens (tertiary/aromatic N) is 3. The average Bonchev–Trinajstić information content (AvgIpc) is 2.92.